The summed E-state index contributed by atoms with van der Waals surface area (Å²) in [6.45, 7) is 6.07. The second-order valence-electron chi connectivity index (χ2n) is 6.76. The zero-order chi connectivity index (χ0) is 18.6. The van der Waals surface area contributed by atoms with Crippen molar-refractivity contribution in [2.75, 3.05) is 26.2 Å². The summed E-state index contributed by atoms with van der Waals surface area (Å²) in [5.41, 5.74) is 2.09. The molecule has 0 radical (unpaired) electrons. The molecule has 140 valence electrons. The largest absolute Gasteiger partial charge is 0.338 e. The van der Waals surface area contributed by atoms with E-state index in [1.165, 1.54) is 0 Å². The number of amides is 1. The molecule has 4 rings (SSSR count). The molecule has 0 unspecified atom stereocenters. The van der Waals surface area contributed by atoms with Crippen molar-refractivity contribution in [2.45, 2.75) is 19.5 Å². The van der Waals surface area contributed by atoms with Gasteiger partial charge in [0, 0.05) is 50.5 Å². The molecule has 1 aliphatic heterocycles. The highest BCUT2D eigenvalue weighted by atomic mass is 32.1. The van der Waals surface area contributed by atoms with Crippen LogP contribution in [0.5, 0.6) is 0 Å². The van der Waals surface area contributed by atoms with Crippen LogP contribution in [0.3, 0.4) is 0 Å². The highest BCUT2D eigenvalue weighted by Crippen LogP contribution is 2.21. The summed E-state index contributed by atoms with van der Waals surface area (Å²) in [6.07, 6.45) is 3.58. The predicted molar refractivity (Wildman–Crippen MR) is 106 cm³/mol. The van der Waals surface area contributed by atoms with E-state index >= 15 is 0 Å². The fraction of sp³-hybridized carbons (Fsp3) is 0.350. The lowest BCUT2D eigenvalue weighted by atomic mass is 10.1. The molecule has 7 heteroatoms. The monoisotopic (exact) mass is 381 g/mol. The molecule has 1 amide bonds. The molecule has 0 saturated carbocycles. The molecule has 0 bridgehead atoms. The minimum Gasteiger partial charge on any atom is -0.338 e. The summed E-state index contributed by atoms with van der Waals surface area (Å²) in [7, 11) is 0. The van der Waals surface area contributed by atoms with Gasteiger partial charge in [0.15, 0.2) is 6.04 Å². The van der Waals surface area contributed by atoms with Crippen molar-refractivity contribution in [2.24, 2.45) is 0 Å². The second-order valence-corrected chi connectivity index (χ2v) is 7.82. The Kier molecular flexibility index (Phi) is 5.31. The topological polar surface area (TPSA) is 54.3 Å². The predicted octanol–water partition coefficient (Wildman–Crippen LogP) is 2.58. The van der Waals surface area contributed by atoms with Crippen LogP contribution in [0.4, 0.5) is 0 Å². The van der Waals surface area contributed by atoms with Crippen molar-refractivity contribution in [3.63, 3.8) is 0 Å². The van der Waals surface area contributed by atoms with Gasteiger partial charge < -0.3 is 4.90 Å². The van der Waals surface area contributed by atoms with Gasteiger partial charge in [-0.05, 0) is 18.6 Å². The minimum absolute atomic E-state index is 0.106. The van der Waals surface area contributed by atoms with Gasteiger partial charge in [-0.3, -0.25) is 14.4 Å². The normalized spacial score (nSPS) is 16.4. The fourth-order valence-corrected chi connectivity index (χ4v) is 4.09. The Morgan fingerprint density at radius 3 is 2.56 bits per heavy atom. The van der Waals surface area contributed by atoms with E-state index < -0.39 is 6.04 Å². The number of carbonyl (C=O) groups excluding carboxylic acids is 1. The number of carbonyl (C=O) groups is 1. The molecule has 2 aromatic heterocycles. The van der Waals surface area contributed by atoms with Gasteiger partial charge in [-0.2, -0.15) is 5.10 Å². The van der Waals surface area contributed by atoms with Gasteiger partial charge in [0.2, 0.25) is 0 Å². The summed E-state index contributed by atoms with van der Waals surface area (Å²) in [6, 6.07) is 11.3. The van der Waals surface area contributed by atoms with Crippen LogP contribution < -0.4 is 0 Å². The molecule has 1 saturated heterocycles. The first-order valence-electron chi connectivity index (χ1n) is 9.17. The molecule has 0 aliphatic carbocycles. The van der Waals surface area contributed by atoms with Gasteiger partial charge in [0.25, 0.3) is 5.91 Å². The maximum atomic E-state index is 13.3. The first-order chi connectivity index (χ1) is 13.2. The van der Waals surface area contributed by atoms with E-state index in [4.69, 9.17) is 0 Å². The number of aryl methyl sites for hydroxylation is 1. The third-order valence-corrected chi connectivity index (χ3v) is 5.70. The second kappa shape index (κ2) is 8.02. The molecule has 3 aromatic rings. The summed E-state index contributed by atoms with van der Waals surface area (Å²) in [4.78, 5) is 22.2. The molecule has 0 spiro atoms. The van der Waals surface area contributed by atoms with Gasteiger partial charge in [0.05, 0.1) is 10.7 Å². The molecule has 27 heavy (non-hydrogen) atoms. The van der Waals surface area contributed by atoms with Crippen molar-refractivity contribution < 1.29 is 4.79 Å². The quantitative estimate of drug-likeness (QED) is 0.682. The number of benzene rings is 1. The van der Waals surface area contributed by atoms with Crippen LogP contribution >= 0.6 is 11.3 Å². The smallest absolute Gasteiger partial charge is 0.252 e. The molecular formula is C20H23N5OS. The van der Waals surface area contributed by atoms with Crippen LogP contribution in [-0.4, -0.2) is 56.7 Å². The Labute approximate surface area is 163 Å². The Balaban J connectivity index is 1.44. The van der Waals surface area contributed by atoms with E-state index in [1.807, 2.05) is 54.4 Å². The lowest BCUT2D eigenvalue weighted by Gasteiger charge is -2.36. The van der Waals surface area contributed by atoms with Crippen LogP contribution in [0.1, 0.15) is 22.3 Å². The maximum Gasteiger partial charge on any atom is 0.252 e. The summed E-state index contributed by atoms with van der Waals surface area (Å²) in [5.74, 6) is 0.106. The van der Waals surface area contributed by atoms with E-state index in [-0.39, 0.29) is 5.91 Å². The fourth-order valence-electron chi connectivity index (χ4n) is 3.49. The highest BCUT2D eigenvalue weighted by molar-refractivity contribution is 7.09. The van der Waals surface area contributed by atoms with Gasteiger partial charge in [0.1, 0.15) is 0 Å². The van der Waals surface area contributed by atoms with E-state index in [2.05, 4.69) is 20.4 Å². The van der Waals surface area contributed by atoms with Crippen LogP contribution in [0, 0.1) is 6.92 Å². The Morgan fingerprint density at radius 2 is 1.93 bits per heavy atom. The molecule has 1 fully saturated rings. The summed E-state index contributed by atoms with van der Waals surface area (Å²) < 4.78 is 1.75. The van der Waals surface area contributed by atoms with E-state index in [9.17, 15) is 4.79 Å². The molecule has 1 atom stereocenters. The number of nitrogens with zero attached hydrogens (tertiary/aromatic N) is 5. The molecule has 3 heterocycles. The average molecular weight is 382 g/mol. The number of hydrogen-bond acceptors (Lipinski definition) is 5. The summed E-state index contributed by atoms with van der Waals surface area (Å²) in [5, 5.41) is 7.56. The summed E-state index contributed by atoms with van der Waals surface area (Å²) >= 11 is 1.69. The Morgan fingerprint density at radius 1 is 1.15 bits per heavy atom. The van der Waals surface area contributed by atoms with Gasteiger partial charge in [-0.25, -0.2) is 4.98 Å². The molecule has 0 N–H and O–H groups in total. The third kappa shape index (κ3) is 4.09. The molecule has 6 nitrogen and oxygen atoms in total. The lowest BCUT2D eigenvalue weighted by molar-refractivity contribution is -0.135. The molecule has 1 aliphatic rings. The molecular weight excluding hydrogens is 358 g/mol. The lowest BCUT2D eigenvalue weighted by Crippen LogP contribution is -2.50. The van der Waals surface area contributed by atoms with E-state index in [0.717, 1.165) is 49.0 Å². The average Bonchev–Trinajstić information content (AvgIpc) is 3.36. The van der Waals surface area contributed by atoms with Crippen molar-refractivity contribution in [1.82, 2.24) is 24.6 Å². The van der Waals surface area contributed by atoms with Crippen molar-refractivity contribution in [1.29, 1.82) is 0 Å². The number of rotatable bonds is 5. The number of piperazine rings is 1. The first kappa shape index (κ1) is 17.9. The van der Waals surface area contributed by atoms with Crippen molar-refractivity contribution in [3.8, 4) is 0 Å². The third-order valence-electron chi connectivity index (χ3n) is 4.87. The number of thiazole rings is 1. The van der Waals surface area contributed by atoms with Gasteiger partial charge in [-0.1, -0.05) is 30.3 Å². The van der Waals surface area contributed by atoms with E-state index in [1.54, 1.807) is 22.2 Å². The zero-order valence-electron chi connectivity index (χ0n) is 15.4. The van der Waals surface area contributed by atoms with Crippen LogP contribution in [0.25, 0.3) is 0 Å². The first-order valence-corrected chi connectivity index (χ1v) is 10.0. The minimum atomic E-state index is -0.408. The molecule has 1 aromatic carbocycles. The SMILES string of the molecule is Cc1nc(CN2CCN(C(=O)[C@@H](c3ccccc3)n3cccn3)CC2)cs1. The van der Waals surface area contributed by atoms with Gasteiger partial charge in [-0.15, -0.1) is 11.3 Å². The van der Waals surface area contributed by atoms with Crippen LogP contribution in [0.15, 0.2) is 54.2 Å². The van der Waals surface area contributed by atoms with Gasteiger partial charge >= 0.3 is 0 Å². The van der Waals surface area contributed by atoms with Crippen molar-refractivity contribution >= 4 is 17.2 Å². The van der Waals surface area contributed by atoms with E-state index in [0.29, 0.717) is 0 Å². The standard InChI is InChI=1S/C20H23N5OS/c1-16-22-18(15-27-16)14-23-10-12-24(13-11-23)20(26)19(25-9-5-8-21-25)17-6-3-2-4-7-17/h2-9,15,19H,10-14H2,1H3/t19-/m1/s1. The van der Waals surface area contributed by atoms with Crippen molar-refractivity contribution in [3.05, 3.63) is 70.4 Å². The number of hydrogen-bond donors (Lipinski definition) is 0. The Hall–Kier alpha value is -2.51. The maximum absolute atomic E-state index is 13.3. The number of aromatic nitrogens is 3. The van der Waals surface area contributed by atoms with Crippen LogP contribution in [0.2, 0.25) is 0 Å². The highest BCUT2D eigenvalue weighted by Gasteiger charge is 2.30. The van der Waals surface area contributed by atoms with Crippen LogP contribution in [-0.2, 0) is 11.3 Å². The Bertz CT molecular complexity index is 869. The zero-order valence-corrected chi connectivity index (χ0v) is 16.2.